The molecule has 1 atom stereocenters. The van der Waals surface area contributed by atoms with Gasteiger partial charge >= 0.3 is 11.8 Å². The van der Waals surface area contributed by atoms with Crippen molar-refractivity contribution in [1.82, 2.24) is 10.7 Å². The number of nitrogens with one attached hydrogen (secondary N) is 3. The highest BCUT2D eigenvalue weighted by Crippen LogP contribution is 2.36. The number of hydrazone groups is 1. The molecule has 0 aromatic heterocycles. The summed E-state index contributed by atoms with van der Waals surface area (Å²) in [5, 5.41) is 8.89. The van der Waals surface area contributed by atoms with Gasteiger partial charge in [-0.25, -0.2) is 9.82 Å². The van der Waals surface area contributed by atoms with E-state index in [0.717, 1.165) is 12.8 Å². The first-order valence-electron chi connectivity index (χ1n) is 10.6. The maximum Gasteiger partial charge on any atom is 0.329 e. The molecule has 1 heterocycles. The molecular formula is C23H24BrFN4O6. The van der Waals surface area contributed by atoms with Crippen LogP contribution < -0.4 is 25.5 Å². The first-order chi connectivity index (χ1) is 16.9. The highest BCUT2D eigenvalue weighted by atomic mass is 79.9. The number of ether oxygens (including phenoxy) is 3. The smallest absolute Gasteiger partial charge is 0.329 e. The van der Waals surface area contributed by atoms with Crippen molar-refractivity contribution < 1.29 is 33.0 Å². The molecule has 0 saturated carbocycles. The van der Waals surface area contributed by atoms with Crippen molar-refractivity contribution in [3.8, 4) is 11.5 Å². The van der Waals surface area contributed by atoms with E-state index in [-0.39, 0.29) is 25.0 Å². The summed E-state index contributed by atoms with van der Waals surface area (Å²) in [7, 11) is 1.42. The van der Waals surface area contributed by atoms with Crippen molar-refractivity contribution in [3.63, 3.8) is 0 Å². The SMILES string of the molecule is COc1cc(/C=N\NC(=O)C(=O)NC[C@H]2CCCO2)cc(Br)c1OCC(=O)Nc1ccc(F)cc1. The third-order valence-corrected chi connectivity index (χ3v) is 5.42. The Bertz CT molecular complexity index is 1090. The van der Waals surface area contributed by atoms with E-state index >= 15 is 0 Å². The van der Waals surface area contributed by atoms with E-state index in [1.165, 1.54) is 37.6 Å². The Kier molecular flexibility index (Phi) is 9.56. The summed E-state index contributed by atoms with van der Waals surface area (Å²) >= 11 is 3.36. The molecule has 0 spiro atoms. The lowest BCUT2D eigenvalue weighted by Gasteiger charge is -2.13. The maximum absolute atomic E-state index is 13.0. The van der Waals surface area contributed by atoms with Crippen LogP contribution in [0, 0.1) is 5.82 Å². The average molecular weight is 551 g/mol. The Morgan fingerprint density at radius 1 is 1.23 bits per heavy atom. The van der Waals surface area contributed by atoms with E-state index in [4.69, 9.17) is 14.2 Å². The Labute approximate surface area is 209 Å². The van der Waals surface area contributed by atoms with Crippen molar-refractivity contribution in [2.75, 3.05) is 32.2 Å². The summed E-state index contributed by atoms with van der Waals surface area (Å²) < 4.78 is 29.7. The number of carbonyl (C=O) groups excluding carboxylic acids is 3. The van der Waals surface area contributed by atoms with Crippen LogP contribution in [0.3, 0.4) is 0 Å². The second-order valence-electron chi connectivity index (χ2n) is 7.42. The molecule has 0 radical (unpaired) electrons. The summed E-state index contributed by atoms with van der Waals surface area (Å²) in [6.07, 6.45) is 3.02. The van der Waals surface area contributed by atoms with E-state index < -0.39 is 23.5 Å². The Balaban J connectivity index is 1.52. The van der Waals surface area contributed by atoms with Gasteiger partial charge in [-0.3, -0.25) is 14.4 Å². The normalized spacial score (nSPS) is 15.0. The van der Waals surface area contributed by atoms with Crippen LogP contribution in [0.5, 0.6) is 11.5 Å². The fourth-order valence-corrected chi connectivity index (χ4v) is 3.70. The monoisotopic (exact) mass is 550 g/mol. The number of nitrogens with zero attached hydrogens (tertiary/aromatic N) is 1. The molecule has 1 aliphatic rings. The molecule has 3 N–H and O–H groups in total. The lowest BCUT2D eigenvalue weighted by Crippen LogP contribution is -2.41. The average Bonchev–Trinajstić information content (AvgIpc) is 3.36. The van der Waals surface area contributed by atoms with Crippen molar-refractivity contribution >= 4 is 45.6 Å². The van der Waals surface area contributed by atoms with Crippen LogP contribution in [0.1, 0.15) is 18.4 Å². The van der Waals surface area contributed by atoms with Crippen LogP contribution in [-0.4, -0.2) is 56.9 Å². The minimum Gasteiger partial charge on any atom is -0.493 e. The van der Waals surface area contributed by atoms with Gasteiger partial charge in [-0.2, -0.15) is 5.10 Å². The van der Waals surface area contributed by atoms with E-state index in [9.17, 15) is 18.8 Å². The van der Waals surface area contributed by atoms with Crippen LogP contribution in [0.2, 0.25) is 0 Å². The third kappa shape index (κ3) is 8.04. The zero-order chi connectivity index (χ0) is 25.2. The molecule has 3 amide bonds. The molecular weight excluding hydrogens is 527 g/mol. The van der Waals surface area contributed by atoms with E-state index in [2.05, 4.69) is 37.1 Å². The largest absolute Gasteiger partial charge is 0.493 e. The van der Waals surface area contributed by atoms with Gasteiger partial charge in [-0.15, -0.1) is 0 Å². The predicted octanol–water partition coefficient (Wildman–Crippen LogP) is 2.36. The second-order valence-corrected chi connectivity index (χ2v) is 8.28. The summed E-state index contributed by atoms with van der Waals surface area (Å²) in [5.74, 6) is -1.99. The van der Waals surface area contributed by atoms with Gasteiger partial charge in [-0.1, -0.05) is 0 Å². The number of anilines is 1. The predicted molar refractivity (Wildman–Crippen MR) is 129 cm³/mol. The van der Waals surface area contributed by atoms with Crippen molar-refractivity contribution in [1.29, 1.82) is 0 Å². The Morgan fingerprint density at radius 2 is 2.00 bits per heavy atom. The molecule has 35 heavy (non-hydrogen) atoms. The molecule has 2 aromatic carbocycles. The molecule has 3 rings (SSSR count). The van der Waals surface area contributed by atoms with Gasteiger partial charge in [0, 0.05) is 18.8 Å². The van der Waals surface area contributed by atoms with Gasteiger partial charge < -0.3 is 24.8 Å². The lowest BCUT2D eigenvalue weighted by molar-refractivity contribution is -0.139. The minimum atomic E-state index is -0.905. The van der Waals surface area contributed by atoms with E-state index in [1.807, 2.05) is 0 Å². The molecule has 0 bridgehead atoms. The van der Waals surface area contributed by atoms with Gasteiger partial charge in [0.1, 0.15) is 5.82 Å². The number of benzene rings is 2. The number of hydrogen-bond donors (Lipinski definition) is 3. The van der Waals surface area contributed by atoms with Gasteiger partial charge in [0.2, 0.25) is 0 Å². The zero-order valence-electron chi connectivity index (χ0n) is 18.8. The number of methoxy groups -OCH3 is 1. The molecule has 0 aliphatic carbocycles. The molecule has 0 unspecified atom stereocenters. The molecule has 1 fully saturated rings. The van der Waals surface area contributed by atoms with Crippen LogP contribution in [0.25, 0.3) is 0 Å². The number of rotatable bonds is 9. The van der Waals surface area contributed by atoms with Crippen molar-refractivity contribution in [2.24, 2.45) is 5.10 Å². The first-order valence-corrected chi connectivity index (χ1v) is 11.4. The molecule has 1 saturated heterocycles. The maximum atomic E-state index is 13.0. The fraction of sp³-hybridized carbons (Fsp3) is 0.304. The highest BCUT2D eigenvalue weighted by molar-refractivity contribution is 9.10. The highest BCUT2D eigenvalue weighted by Gasteiger charge is 2.19. The van der Waals surface area contributed by atoms with Crippen molar-refractivity contribution in [3.05, 3.63) is 52.3 Å². The summed E-state index contributed by atoms with van der Waals surface area (Å²) in [6, 6.07) is 8.54. The first kappa shape index (κ1) is 26.1. The van der Waals surface area contributed by atoms with Gasteiger partial charge in [0.25, 0.3) is 5.91 Å². The fourth-order valence-electron chi connectivity index (χ4n) is 3.13. The van der Waals surface area contributed by atoms with E-state index in [0.29, 0.717) is 28.1 Å². The third-order valence-electron chi connectivity index (χ3n) is 4.83. The molecule has 186 valence electrons. The van der Waals surface area contributed by atoms with Crippen LogP contribution in [0.15, 0.2) is 46.0 Å². The second kappa shape index (κ2) is 12.8. The van der Waals surface area contributed by atoms with Crippen LogP contribution in [0.4, 0.5) is 10.1 Å². The van der Waals surface area contributed by atoms with Crippen LogP contribution >= 0.6 is 15.9 Å². The summed E-state index contributed by atoms with van der Waals surface area (Å²) in [6.45, 7) is 0.601. The Morgan fingerprint density at radius 3 is 2.69 bits per heavy atom. The lowest BCUT2D eigenvalue weighted by atomic mass is 10.2. The number of carbonyl (C=O) groups is 3. The van der Waals surface area contributed by atoms with Crippen molar-refractivity contribution in [2.45, 2.75) is 18.9 Å². The standard InChI is InChI=1S/C23H24BrFN4O6/c1-33-19-10-14(11-27-29-23(32)22(31)26-12-17-3-2-8-34-17)9-18(24)21(19)35-13-20(30)28-16-6-4-15(25)5-7-16/h4-7,9-11,17H,2-3,8,12-13H2,1H3,(H,26,31)(H,28,30)(H,29,32)/b27-11-/t17-/m1/s1. The topological polar surface area (TPSA) is 127 Å². The quantitative estimate of drug-likeness (QED) is 0.250. The minimum absolute atomic E-state index is 0.0743. The summed E-state index contributed by atoms with van der Waals surface area (Å²) in [5.41, 5.74) is 3.11. The number of amides is 3. The molecule has 2 aromatic rings. The van der Waals surface area contributed by atoms with Crippen LogP contribution in [-0.2, 0) is 19.1 Å². The van der Waals surface area contributed by atoms with Gasteiger partial charge in [0.15, 0.2) is 18.1 Å². The molecule has 1 aliphatic heterocycles. The Hall–Kier alpha value is -3.51. The molecule has 10 nitrogen and oxygen atoms in total. The zero-order valence-corrected chi connectivity index (χ0v) is 20.4. The number of halogens is 2. The molecule has 12 heteroatoms. The summed E-state index contributed by atoms with van der Waals surface area (Å²) in [4.78, 5) is 35.9. The van der Waals surface area contributed by atoms with Gasteiger partial charge in [0.05, 0.1) is 23.9 Å². The number of hydrogen-bond acceptors (Lipinski definition) is 7. The van der Waals surface area contributed by atoms with Gasteiger partial charge in [-0.05, 0) is 70.7 Å². The van der Waals surface area contributed by atoms with E-state index in [1.54, 1.807) is 12.1 Å².